The molecule has 0 aliphatic carbocycles. The lowest BCUT2D eigenvalue weighted by atomic mass is 10.1. The van der Waals surface area contributed by atoms with Crippen LogP contribution in [0.1, 0.15) is 16.7 Å². The monoisotopic (exact) mass is 353 g/mol. The minimum Gasteiger partial charge on any atom is -0.376 e. The summed E-state index contributed by atoms with van der Waals surface area (Å²) in [4.78, 5) is 6.65. The predicted molar refractivity (Wildman–Crippen MR) is 108 cm³/mol. The second-order valence-corrected chi connectivity index (χ2v) is 6.57. The molecule has 25 heavy (non-hydrogen) atoms. The molecular weight excluding hydrogens is 330 g/mol. The number of nitrogens with two attached hydrogens (primary N) is 1. The quantitative estimate of drug-likeness (QED) is 0.738. The van der Waals surface area contributed by atoms with Crippen LogP contribution in [0.5, 0.6) is 0 Å². The van der Waals surface area contributed by atoms with Crippen molar-refractivity contribution in [2.24, 2.45) is 10.7 Å². The topological polar surface area (TPSA) is 65.7 Å². The first-order valence-electron chi connectivity index (χ1n) is 8.33. The van der Waals surface area contributed by atoms with E-state index in [0.29, 0.717) is 11.7 Å². The van der Waals surface area contributed by atoms with Crippen LogP contribution in [-0.4, -0.2) is 24.2 Å². The molecule has 0 bridgehead atoms. The molecule has 1 aliphatic heterocycles. The Labute approximate surface area is 153 Å². The van der Waals surface area contributed by atoms with E-state index < -0.39 is 0 Å². The van der Waals surface area contributed by atoms with Crippen LogP contribution in [0.4, 0.5) is 11.4 Å². The van der Waals surface area contributed by atoms with Gasteiger partial charge in [-0.25, -0.2) is 4.99 Å². The van der Waals surface area contributed by atoms with Crippen LogP contribution in [0, 0.1) is 13.8 Å². The third-order valence-electron chi connectivity index (χ3n) is 4.17. The molecule has 0 spiro atoms. The van der Waals surface area contributed by atoms with E-state index in [-0.39, 0.29) is 0 Å². The summed E-state index contributed by atoms with van der Waals surface area (Å²) >= 11 is 5.29. The summed E-state index contributed by atoms with van der Waals surface area (Å²) in [6.07, 6.45) is 0. The lowest BCUT2D eigenvalue weighted by Crippen LogP contribution is -2.35. The van der Waals surface area contributed by atoms with Crippen molar-refractivity contribution in [3.63, 3.8) is 0 Å². The molecule has 0 unspecified atom stereocenters. The normalized spacial score (nSPS) is 13.1. The van der Waals surface area contributed by atoms with E-state index in [2.05, 4.69) is 48.7 Å². The van der Waals surface area contributed by atoms with E-state index in [0.717, 1.165) is 47.1 Å². The Morgan fingerprint density at radius 1 is 1.12 bits per heavy atom. The molecule has 1 saturated heterocycles. The molecule has 5 nitrogen and oxygen atoms in total. The predicted octanol–water partition coefficient (Wildman–Crippen LogP) is 2.73. The molecule has 1 heterocycles. The van der Waals surface area contributed by atoms with Gasteiger partial charge in [-0.05, 0) is 54.9 Å². The molecule has 0 atom stereocenters. The smallest absolute Gasteiger partial charge is 0.196 e. The van der Waals surface area contributed by atoms with Crippen LogP contribution in [0.2, 0.25) is 0 Å². The number of aryl methyl sites for hydroxylation is 2. The van der Waals surface area contributed by atoms with E-state index in [9.17, 15) is 0 Å². The Hall–Kier alpha value is -2.60. The van der Waals surface area contributed by atoms with Crippen LogP contribution in [0.25, 0.3) is 0 Å². The van der Waals surface area contributed by atoms with Crippen LogP contribution in [0.15, 0.2) is 47.5 Å². The standard InChI is InChI=1S/C19H23N5S/c1-13-10-16(11-14(2)17(13)23-19-21-8-9-22-19)24(18(20)25)12-15-6-4-3-5-7-15/h3-7,10-11H,8-9,12H2,1-2H3,(H2,20,25)(H2,21,22,23). The van der Waals surface area contributed by atoms with E-state index >= 15 is 0 Å². The van der Waals surface area contributed by atoms with E-state index in [4.69, 9.17) is 22.9 Å². The minimum absolute atomic E-state index is 0.362. The van der Waals surface area contributed by atoms with Crippen molar-refractivity contribution in [3.05, 3.63) is 59.2 Å². The lowest BCUT2D eigenvalue weighted by molar-refractivity contribution is 0.942. The molecule has 0 radical (unpaired) electrons. The Bertz CT molecular complexity index is 770. The van der Waals surface area contributed by atoms with E-state index in [1.165, 1.54) is 0 Å². The lowest BCUT2D eigenvalue weighted by Gasteiger charge is -2.24. The highest BCUT2D eigenvalue weighted by Gasteiger charge is 2.15. The van der Waals surface area contributed by atoms with Gasteiger partial charge < -0.3 is 21.3 Å². The first-order valence-corrected chi connectivity index (χ1v) is 8.74. The zero-order valence-corrected chi connectivity index (χ0v) is 15.4. The number of rotatable bonds is 4. The average Bonchev–Trinajstić information content (AvgIpc) is 3.09. The van der Waals surface area contributed by atoms with Gasteiger partial charge in [0.2, 0.25) is 0 Å². The molecule has 0 saturated carbocycles. The second kappa shape index (κ2) is 7.53. The Morgan fingerprint density at radius 3 is 2.28 bits per heavy atom. The number of hydrogen-bond donors (Lipinski definition) is 3. The Morgan fingerprint density at radius 2 is 1.72 bits per heavy atom. The SMILES string of the molecule is Cc1cc(N(Cc2ccccc2)C(N)=S)cc(C)c1N=C1NCCN1. The molecule has 2 aromatic rings. The summed E-state index contributed by atoms with van der Waals surface area (Å²) in [6.45, 7) is 6.57. The zero-order chi connectivity index (χ0) is 17.8. The van der Waals surface area contributed by atoms with Crippen molar-refractivity contribution >= 4 is 34.7 Å². The van der Waals surface area contributed by atoms with Crippen LogP contribution in [0.3, 0.4) is 0 Å². The molecule has 4 N–H and O–H groups in total. The highest BCUT2D eigenvalue weighted by molar-refractivity contribution is 7.80. The molecule has 6 heteroatoms. The highest BCUT2D eigenvalue weighted by atomic mass is 32.1. The fraction of sp³-hybridized carbons (Fsp3) is 0.263. The summed E-state index contributed by atoms with van der Waals surface area (Å²) in [5.41, 5.74) is 11.3. The van der Waals surface area contributed by atoms with Gasteiger partial charge in [0.05, 0.1) is 12.2 Å². The molecule has 130 valence electrons. The van der Waals surface area contributed by atoms with E-state index in [1.54, 1.807) is 0 Å². The third kappa shape index (κ3) is 4.09. The maximum atomic E-state index is 6.00. The number of benzene rings is 2. The van der Waals surface area contributed by atoms with Crippen molar-refractivity contribution in [1.82, 2.24) is 10.6 Å². The number of guanidine groups is 1. The van der Waals surface area contributed by atoms with Crippen molar-refractivity contribution < 1.29 is 0 Å². The van der Waals surface area contributed by atoms with Crippen molar-refractivity contribution in [1.29, 1.82) is 0 Å². The van der Waals surface area contributed by atoms with Gasteiger partial charge in [0.25, 0.3) is 0 Å². The van der Waals surface area contributed by atoms with Crippen molar-refractivity contribution in [2.45, 2.75) is 20.4 Å². The molecule has 2 aromatic carbocycles. The first-order chi connectivity index (χ1) is 12.0. The van der Waals surface area contributed by atoms with Gasteiger partial charge in [-0.15, -0.1) is 0 Å². The summed E-state index contributed by atoms with van der Waals surface area (Å²) in [6, 6.07) is 14.4. The summed E-state index contributed by atoms with van der Waals surface area (Å²) < 4.78 is 0. The van der Waals surface area contributed by atoms with E-state index in [1.807, 2.05) is 23.1 Å². The van der Waals surface area contributed by atoms with Gasteiger partial charge in [0, 0.05) is 18.8 Å². The number of thiocarbonyl (C=S) groups is 1. The van der Waals surface area contributed by atoms with Crippen molar-refractivity contribution in [3.8, 4) is 0 Å². The highest BCUT2D eigenvalue weighted by Crippen LogP contribution is 2.30. The van der Waals surface area contributed by atoms with Gasteiger partial charge in [-0.2, -0.15) is 0 Å². The minimum atomic E-state index is 0.362. The largest absolute Gasteiger partial charge is 0.376 e. The van der Waals surface area contributed by atoms with Gasteiger partial charge >= 0.3 is 0 Å². The molecule has 3 rings (SSSR count). The van der Waals surface area contributed by atoms with Crippen molar-refractivity contribution in [2.75, 3.05) is 18.0 Å². The van der Waals surface area contributed by atoms with Gasteiger partial charge in [-0.3, -0.25) is 0 Å². The van der Waals surface area contributed by atoms with Gasteiger partial charge in [0.1, 0.15) is 0 Å². The maximum absolute atomic E-state index is 6.00. The molecule has 1 fully saturated rings. The first kappa shape index (κ1) is 17.2. The number of nitrogens with one attached hydrogen (secondary N) is 2. The summed E-state index contributed by atoms with van der Waals surface area (Å²) in [5, 5.41) is 6.83. The maximum Gasteiger partial charge on any atom is 0.196 e. The molecule has 0 amide bonds. The van der Waals surface area contributed by atoms with Crippen LogP contribution >= 0.6 is 12.2 Å². The Kier molecular flexibility index (Phi) is 5.19. The molecule has 0 aromatic heterocycles. The number of nitrogens with zero attached hydrogens (tertiary/aromatic N) is 2. The number of aliphatic imine (C=N–C) groups is 1. The number of hydrogen-bond acceptors (Lipinski definition) is 2. The zero-order valence-electron chi connectivity index (χ0n) is 14.5. The number of anilines is 1. The van der Waals surface area contributed by atoms with Gasteiger partial charge in [0.15, 0.2) is 11.1 Å². The molecular formula is C19H23N5S. The summed E-state index contributed by atoms with van der Waals surface area (Å²) in [5.74, 6) is 0.828. The Balaban J connectivity index is 1.92. The molecule has 1 aliphatic rings. The average molecular weight is 353 g/mol. The third-order valence-corrected chi connectivity index (χ3v) is 4.39. The summed E-state index contributed by atoms with van der Waals surface area (Å²) in [7, 11) is 0. The van der Waals surface area contributed by atoms with Crippen LogP contribution < -0.4 is 21.3 Å². The fourth-order valence-corrected chi connectivity index (χ4v) is 3.11. The van der Waals surface area contributed by atoms with Crippen LogP contribution in [-0.2, 0) is 6.54 Å². The van der Waals surface area contributed by atoms with Gasteiger partial charge in [-0.1, -0.05) is 30.3 Å². The fourth-order valence-electron chi connectivity index (χ4n) is 2.94. The second-order valence-electron chi connectivity index (χ2n) is 6.15.